The van der Waals surface area contributed by atoms with E-state index in [1.165, 1.54) is 17.7 Å². The Morgan fingerprint density at radius 2 is 1.73 bits per heavy atom. The second-order valence-electron chi connectivity index (χ2n) is 10.2. The largest absolute Gasteiger partial charge is 0.481 e. The quantitative estimate of drug-likeness (QED) is 0.220. The van der Waals surface area contributed by atoms with Crippen molar-refractivity contribution in [2.75, 3.05) is 13.1 Å². The molecule has 1 aliphatic heterocycles. The number of alkyl halides is 3. The van der Waals surface area contributed by atoms with Gasteiger partial charge >= 0.3 is 12.1 Å². The molecular formula is C32H30F3N3O2. The first-order valence-corrected chi connectivity index (χ1v) is 13.4. The van der Waals surface area contributed by atoms with Gasteiger partial charge in [-0.3, -0.25) is 4.79 Å². The summed E-state index contributed by atoms with van der Waals surface area (Å²) in [7, 11) is 0. The van der Waals surface area contributed by atoms with Gasteiger partial charge in [0.15, 0.2) is 0 Å². The van der Waals surface area contributed by atoms with Crippen molar-refractivity contribution in [1.82, 2.24) is 14.9 Å². The molecule has 2 heterocycles. The van der Waals surface area contributed by atoms with E-state index >= 15 is 0 Å². The lowest BCUT2D eigenvalue weighted by molar-refractivity contribution is -0.138. The lowest BCUT2D eigenvalue weighted by Crippen LogP contribution is -2.18. The molecule has 1 unspecified atom stereocenters. The Morgan fingerprint density at radius 3 is 2.42 bits per heavy atom. The number of hydrogen-bond acceptors (Lipinski definition) is 4. The van der Waals surface area contributed by atoms with Crippen molar-refractivity contribution in [3.05, 3.63) is 102 Å². The third-order valence-electron chi connectivity index (χ3n) is 7.45. The minimum Gasteiger partial charge on any atom is -0.481 e. The van der Waals surface area contributed by atoms with E-state index in [1.807, 2.05) is 24.3 Å². The van der Waals surface area contributed by atoms with Gasteiger partial charge in [-0.15, -0.1) is 0 Å². The van der Waals surface area contributed by atoms with Gasteiger partial charge in [0.25, 0.3) is 0 Å². The third-order valence-corrected chi connectivity index (χ3v) is 7.45. The maximum atomic E-state index is 13.1. The first kappa shape index (κ1) is 27.4. The van der Waals surface area contributed by atoms with E-state index in [0.717, 1.165) is 42.9 Å². The summed E-state index contributed by atoms with van der Waals surface area (Å²) in [5.41, 5.74) is 5.42. The Bertz CT molecular complexity index is 1520. The average Bonchev–Trinajstić information content (AvgIpc) is 3.45. The summed E-state index contributed by atoms with van der Waals surface area (Å²) < 4.78 is 39.4. The number of carboxylic acid groups (broad SMARTS) is 1. The number of nitrogens with zero attached hydrogens (tertiary/aromatic N) is 3. The molecule has 4 aromatic rings. The van der Waals surface area contributed by atoms with E-state index in [-0.39, 0.29) is 6.42 Å². The molecule has 0 amide bonds. The van der Waals surface area contributed by atoms with Crippen molar-refractivity contribution >= 4 is 22.7 Å². The van der Waals surface area contributed by atoms with Crippen molar-refractivity contribution in [3.63, 3.8) is 0 Å². The fourth-order valence-electron chi connectivity index (χ4n) is 5.25. The molecule has 5 rings (SSSR count). The molecule has 1 aromatic heterocycles. The van der Waals surface area contributed by atoms with E-state index in [0.29, 0.717) is 53.2 Å². The smallest absolute Gasteiger partial charge is 0.416 e. The van der Waals surface area contributed by atoms with Crippen molar-refractivity contribution in [2.24, 2.45) is 0 Å². The van der Waals surface area contributed by atoms with Crippen LogP contribution in [-0.2, 0) is 17.4 Å². The Balaban J connectivity index is 1.43. The van der Waals surface area contributed by atoms with Gasteiger partial charge in [0.05, 0.1) is 28.0 Å². The van der Waals surface area contributed by atoms with Gasteiger partial charge in [-0.05, 0) is 61.1 Å². The monoisotopic (exact) mass is 545 g/mol. The van der Waals surface area contributed by atoms with E-state index in [1.54, 1.807) is 0 Å². The molecule has 1 atom stereocenters. The maximum Gasteiger partial charge on any atom is 0.416 e. The van der Waals surface area contributed by atoms with E-state index in [4.69, 9.17) is 15.1 Å². The summed E-state index contributed by atoms with van der Waals surface area (Å²) in [5, 5.41) is 9.00. The molecule has 3 aromatic carbocycles. The number of halogens is 3. The highest BCUT2D eigenvalue weighted by Crippen LogP contribution is 2.34. The van der Waals surface area contributed by atoms with Crippen LogP contribution in [0.5, 0.6) is 0 Å². The lowest BCUT2D eigenvalue weighted by atomic mass is 9.99. The highest BCUT2D eigenvalue weighted by Gasteiger charge is 2.30. The van der Waals surface area contributed by atoms with Gasteiger partial charge in [-0.25, -0.2) is 9.97 Å². The number of aliphatic carboxylic acids is 1. The van der Waals surface area contributed by atoms with Crippen LogP contribution < -0.4 is 0 Å². The van der Waals surface area contributed by atoms with Crippen molar-refractivity contribution in [2.45, 2.75) is 44.2 Å². The minimum atomic E-state index is -4.43. The number of carbonyl (C=O) groups is 1. The number of rotatable bonds is 9. The number of unbranched alkanes of at least 4 members (excludes halogenated alkanes) is 1. The normalized spacial score (nSPS) is 15.5. The molecule has 0 radical (unpaired) electrons. The Labute approximate surface area is 231 Å². The first-order chi connectivity index (χ1) is 19.2. The zero-order chi connectivity index (χ0) is 28.3. The summed E-state index contributed by atoms with van der Waals surface area (Å²) in [5.74, 6) is -0.422. The summed E-state index contributed by atoms with van der Waals surface area (Å²) in [6.07, 6.45) is -1.84. The number of aryl methyl sites for hydroxylation is 1. The van der Waals surface area contributed by atoms with Crippen LogP contribution in [0.15, 0.2) is 79.4 Å². The van der Waals surface area contributed by atoms with Crippen molar-refractivity contribution in [3.8, 4) is 11.3 Å². The van der Waals surface area contributed by atoms with Crippen molar-refractivity contribution < 1.29 is 23.1 Å². The molecule has 0 saturated carbocycles. The Hall–Kier alpha value is -4.20. The second kappa shape index (κ2) is 11.5. The molecule has 0 bridgehead atoms. The van der Waals surface area contributed by atoms with Crippen LogP contribution >= 0.6 is 0 Å². The molecule has 0 aliphatic carbocycles. The van der Waals surface area contributed by atoms with Crippen LogP contribution in [0.25, 0.3) is 28.0 Å². The van der Waals surface area contributed by atoms with Gasteiger partial charge in [-0.2, -0.15) is 13.2 Å². The molecule has 8 heteroatoms. The maximum absolute atomic E-state index is 13.1. The van der Waals surface area contributed by atoms with E-state index in [2.05, 4.69) is 35.7 Å². The fraction of sp³-hybridized carbons (Fsp3) is 0.281. The van der Waals surface area contributed by atoms with Crippen LogP contribution in [0.1, 0.15) is 54.0 Å². The molecular weight excluding hydrogens is 515 g/mol. The summed E-state index contributed by atoms with van der Waals surface area (Å²) in [6, 6.07) is 21.2. The molecule has 1 saturated heterocycles. The Kier molecular flexibility index (Phi) is 7.87. The first-order valence-electron chi connectivity index (χ1n) is 13.4. The summed E-state index contributed by atoms with van der Waals surface area (Å²) in [6.45, 7) is 6.15. The van der Waals surface area contributed by atoms with Gasteiger partial charge in [0, 0.05) is 36.7 Å². The third kappa shape index (κ3) is 6.17. The van der Waals surface area contributed by atoms with Crippen LogP contribution in [0.2, 0.25) is 0 Å². The molecule has 1 aliphatic rings. The molecule has 40 heavy (non-hydrogen) atoms. The lowest BCUT2D eigenvalue weighted by Gasteiger charge is -2.22. The van der Waals surface area contributed by atoms with Crippen molar-refractivity contribution in [1.29, 1.82) is 0 Å². The number of fused-ring (bicyclic) bond motifs is 1. The van der Waals surface area contributed by atoms with Gasteiger partial charge in [-0.1, -0.05) is 55.1 Å². The number of carboxylic acids is 1. The summed E-state index contributed by atoms with van der Waals surface area (Å²) in [4.78, 5) is 22.9. The average molecular weight is 546 g/mol. The van der Waals surface area contributed by atoms with Gasteiger partial charge in [0.1, 0.15) is 0 Å². The molecule has 5 nitrogen and oxygen atoms in total. The number of aromatic nitrogens is 2. The fourth-order valence-corrected chi connectivity index (χ4v) is 5.25. The number of benzene rings is 3. The predicted octanol–water partition coefficient (Wildman–Crippen LogP) is 7.57. The highest BCUT2D eigenvalue weighted by atomic mass is 19.4. The zero-order valence-electron chi connectivity index (χ0n) is 22.0. The topological polar surface area (TPSA) is 66.3 Å². The summed E-state index contributed by atoms with van der Waals surface area (Å²) >= 11 is 0. The second-order valence-corrected chi connectivity index (χ2v) is 10.2. The molecule has 1 N–H and O–H groups in total. The van der Waals surface area contributed by atoms with E-state index in [9.17, 15) is 18.0 Å². The zero-order valence-corrected chi connectivity index (χ0v) is 22.0. The number of hydrogen-bond donors (Lipinski definition) is 1. The number of likely N-dealkylation sites (tertiary alicyclic amines) is 1. The Morgan fingerprint density at radius 1 is 0.975 bits per heavy atom. The molecule has 206 valence electrons. The molecule has 1 fully saturated rings. The SMILES string of the molecule is C=C(c1ccc2nc(-c3ccc(C(F)(F)F)cc3)c(CCCCC(=O)O)nc2c1)N1CCC(c2ccccc2)C1. The van der Waals surface area contributed by atoms with Crippen LogP contribution in [-0.4, -0.2) is 39.0 Å². The van der Waals surface area contributed by atoms with Crippen LogP contribution in [0.3, 0.4) is 0 Å². The standard InChI is InChI=1S/C32H30F3N3O2/c1-21(38-18-17-25(20-38)22-7-3-2-4-8-22)24-13-16-27-29(19-24)36-28(9-5-6-10-30(39)40)31(37-27)23-11-14-26(15-12-23)32(33,34)35/h2-4,7-8,11-16,19,25H,1,5-6,9-10,17-18,20H2,(H,39,40). The highest BCUT2D eigenvalue weighted by molar-refractivity contribution is 5.82. The van der Waals surface area contributed by atoms with Crippen LogP contribution in [0.4, 0.5) is 13.2 Å². The van der Waals surface area contributed by atoms with Gasteiger partial charge in [0.2, 0.25) is 0 Å². The van der Waals surface area contributed by atoms with Gasteiger partial charge < -0.3 is 10.0 Å². The van der Waals surface area contributed by atoms with Crippen LogP contribution in [0, 0.1) is 0 Å². The predicted molar refractivity (Wildman–Crippen MR) is 150 cm³/mol. The minimum absolute atomic E-state index is 0.0421. The molecule has 0 spiro atoms. The van der Waals surface area contributed by atoms with E-state index < -0.39 is 17.7 Å².